The summed E-state index contributed by atoms with van der Waals surface area (Å²) in [6.45, 7) is 3.98. The van der Waals surface area contributed by atoms with Crippen molar-refractivity contribution in [2.45, 2.75) is 87.4 Å². The van der Waals surface area contributed by atoms with Gasteiger partial charge in [0, 0.05) is 29.6 Å². The quantitative estimate of drug-likeness (QED) is 0.218. The molecule has 2 aliphatic heterocycles. The van der Waals surface area contributed by atoms with Crippen LogP contribution in [-0.2, 0) is 45.1 Å². The zero-order valence-corrected chi connectivity index (χ0v) is 29.6. The van der Waals surface area contributed by atoms with E-state index in [-0.39, 0.29) is 24.0 Å². The summed E-state index contributed by atoms with van der Waals surface area (Å²) in [5.41, 5.74) is 13.9. The number of amides is 5. The lowest BCUT2D eigenvalue weighted by atomic mass is 10.0. The fourth-order valence-corrected chi connectivity index (χ4v) is 7.04. The molecule has 5 amide bonds. The highest BCUT2D eigenvalue weighted by molar-refractivity contribution is 7.98. The molecule has 0 aromatic heterocycles. The fourth-order valence-electron chi connectivity index (χ4n) is 5.09. The largest absolute Gasteiger partial charge is 0.490 e. The smallest absolute Gasteiger partial charge is 0.481 e. The first-order chi connectivity index (χ1) is 23.8. The van der Waals surface area contributed by atoms with E-state index in [9.17, 15) is 47.0 Å². The Kier molecular flexibility index (Phi) is 17.0. The summed E-state index contributed by atoms with van der Waals surface area (Å²) in [5, 5.41) is 24.3. The number of fused-ring (bicyclic) bond motifs is 3. The van der Waals surface area contributed by atoms with Gasteiger partial charge < -0.3 is 42.5 Å². The van der Waals surface area contributed by atoms with Gasteiger partial charge in [-0.15, -0.1) is 0 Å². The van der Waals surface area contributed by atoms with Crippen LogP contribution in [0.3, 0.4) is 0 Å². The average molecular weight is 765 g/mol. The predicted molar refractivity (Wildman–Crippen MR) is 182 cm³/mol. The van der Waals surface area contributed by atoms with Gasteiger partial charge in [0.25, 0.3) is 0 Å². The molecule has 51 heavy (non-hydrogen) atoms. The molecule has 0 saturated carbocycles. The number of hydrogen-bond donors (Lipinski definition) is 7. The number of rotatable bonds is 5. The number of carboxylic acids is 2. The Labute approximate surface area is 300 Å². The molecule has 284 valence electrons. The second kappa shape index (κ2) is 20.1. The van der Waals surface area contributed by atoms with Crippen LogP contribution in [0.1, 0.15) is 50.7 Å². The second-order valence-corrected chi connectivity index (χ2v) is 14.3. The summed E-state index contributed by atoms with van der Waals surface area (Å²) in [6.07, 6.45) is -4.78. The van der Waals surface area contributed by atoms with Crippen LogP contribution < -0.4 is 27.4 Å². The van der Waals surface area contributed by atoms with E-state index in [2.05, 4.69) is 16.0 Å². The topological polar surface area (TPSA) is 251 Å². The van der Waals surface area contributed by atoms with Crippen molar-refractivity contribution in [1.29, 1.82) is 0 Å². The highest BCUT2D eigenvalue weighted by atomic mass is 32.2. The summed E-state index contributed by atoms with van der Waals surface area (Å²) in [7, 11) is 0. The third kappa shape index (κ3) is 14.6. The van der Waals surface area contributed by atoms with Crippen LogP contribution in [-0.4, -0.2) is 111 Å². The molecule has 0 spiro atoms. The van der Waals surface area contributed by atoms with Gasteiger partial charge in [0.15, 0.2) is 0 Å². The molecule has 20 heteroatoms. The number of carbonyl (C=O) groups excluding carboxylic acids is 5. The average Bonchev–Trinajstić information content (AvgIpc) is 3.52. The molecule has 3 rings (SSSR count). The monoisotopic (exact) mass is 764 g/mol. The summed E-state index contributed by atoms with van der Waals surface area (Å²) in [6, 6.07) is 2.44. The Morgan fingerprint density at radius 2 is 1.49 bits per heavy atom. The van der Waals surface area contributed by atoms with Gasteiger partial charge >= 0.3 is 18.1 Å². The maximum Gasteiger partial charge on any atom is 0.490 e. The van der Waals surface area contributed by atoms with Gasteiger partial charge in [0.2, 0.25) is 29.5 Å². The van der Waals surface area contributed by atoms with Gasteiger partial charge in [-0.05, 0) is 36.3 Å². The Morgan fingerprint density at radius 1 is 0.941 bits per heavy atom. The highest BCUT2D eigenvalue weighted by Gasteiger charge is 2.39. The maximum atomic E-state index is 13.3. The molecule has 5 atom stereocenters. The van der Waals surface area contributed by atoms with E-state index in [1.54, 1.807) is 0 Å². The third-order valence-electron chi connectivity index (χ3n) is 7.52. The molecule has 2 aliphatic rings. The molecule has 0 aliphatic carbocycles. The number of benzene rings is 1. The predicted octanol–water partition coefficient (Wildman–Crippen LogP) is 0.579. The minimum atomic E-state index is -5.08. The third-order valence-corrected chi connectivity index (χ3v) is 9.76. The van der Waals surface area contributed by atoms with Crippen LogP contribution in [0.5, 0.6) is 0 Å². The number of thioether (sulfide) groups is 2. The minimum absolute atomic E-state index is 0.0637. The summed E-state index contributed by atoms with van der Waals surface area (Å²) in [4.78, 5) is 87.3. The van der Waals surface area contributed by atoms with Gasteiger partial charge in [-0.2, -0.15) is 36.7 Å². The Hall–Kier alpha value is -4.04. The van der Waals surface area contributed by atoms with Crippen LogP contribution in [0.4, 0.5) is 13.2 Å². The van der Waals surface area contributed by atoms with Crippen LogP contribution in [0.2, 0.25) is 0 Å². The minimum Gasteiger partial charge on any atom is -0.481 e. The van der Waals surface area contributed by atoms with Crippen LogP contribution in [0.15, 0.2) is 24.3 Å². The zero-order valence-electron chi connectivity index (χ0n) is 27.9. The van der Waals surface area contributed by atoms with E-state index < -0.39 is 78.4 Å². The number of alkyl halides is 3. The molecule has 1 aromatic carbocycles. The van der Waals surface area contributed by atoms with Gasteiger partial charge in [0.1, 0.15) is 24.2 Å². The molecule has 9 N–H and O–H groups in total. The number of aliphatic carboxylic acids is 2. The van der Waals surface area contributed by atoms with E-state index in [0.29, 0.717) is 36.6 Å². The molecule has 1 saturated heterocycles. The zero-order chi connectivity index (χ0) is 38.5. The van der Waals surface area contributed by atoms with E-state index >= 15 is 0 Å². The number of nitrogens with one attached hydrogen (secondary N) is 3. The lowest BCUT2D eigenvalue weighted by Crippen LogP contribution is -2.59. The highest BCUT2D eigenvalue weighted by Crippen LogP contribution is 2.22. The van der Waals surface area contributed by atoms with E-state index in [1.807, 2.05) is 38.1 Å². The van der Waals surface area contributed by atoms with E-state index in [0.717, 1.165) is 11.1 Å². The number of nitrogens with zero attached hydrogens (tertiary/aromatic N) is 1. The van der Waals surface area contributed by atoms with Crippen molar-refractivity contribution in [1.82, 2.24) is 20.9 Å². The SMILES string of the molecule is CC(C)C[C@@H]1NC(=O)C(CC(=O)O)NC(=O)[C@@H]2CCCN2C(=O)[C@@H](N)CSCc2cccc(c2)CSC[C@@H](C(N)=O)NC1=O.O=C(O)C(F)(F)F. The molecular weight excluding hydrogens is 722 g/mol. The van der Waals surface area contributed by atoms with Crippen molar-refractivity contribution < 1.29 is 56.9 Å². The number of carbonyl (C=O) groups is 7. The molecule has 2 heterocycles. The van der Waals surface area contributed by atoms with E-state index in [1.165, 1.54) is 28.4 Å². The van der Waals surface area contributed by atoms with Crippen molar-refractivity contribution in [3.8, 4) is 0 Å². The summed E-state index contributed by atoms with van der Waals surface area (Å²) >= 11 is 2.89. The van der Waals surface area contributed by atoms with Crippen LogP contribution in [0, 0.1) is 5.92 Å². The molecular formula is C31H43F3N6O9S2. The molecule has 15 nitrogen and oxygen atoms in total. The first kappa shape index (κ1) is 43.1. The number of nitrogens with two attached hydrogens (primary N) is 2. The molecule has 1 fully saturated rings. The molecule has 1 aromatic rings. The molecule has 2 bridgehead atoms. The Bertz CT molecular complexity index is 1440. The van der Waals surface area contributed by atoms with Crippen LogP contribution in [0.25, 0.3) is 0 Å². The summed E-state index contributed by atoms with van der Waals surface area (Å²) < 4.78 is 31.7. The Balaban J connectivity index is 0.00000116. The molecule has 1 unspecified atom stereocenters. The number of halogens is 3. The first-order valence-corrected chi connectivity index (χ1v) is 18.1. The normalized spacial score (nSPS) is 24.4. The van der Waals surface area contributed by atoms with Gasteiger partial charge in [-0.1, -0.05) is 38.1 Å². The number of primary amides is 1. The summed E-state index contributed by atoms with van der Waals surface area (Å²) in [5.74, 6) is -5.82. The van der Waals surface area contributed by atoms with Crippen molar-refractivity contribution >= 4 is 65.0 Å². The van der Waals surface area contributed by atoms with Crippen molar-refractivity contribution in [2.24, 2.45) is 17.4 Å². The van der Waals surface area contributed by atoms with Crippen molar-refractivity contribution in [3.63, 3.8) is 0 Å². The maximum absolute atomic E-state index is 13.3. The first-order valence-electron chi connectivity index (χ1n) is 15.8. The lowest BCUT2D eigenvalue weighted by Gasteiger charge is -2.29. The van der Waals surface area contributed by atoms with Gasteiger partial charge in [-0.25, -0.2) is 4.79 Å². The van der Waals surface area contributed by atoms with E-state index in [4.69, 9.17) is 21.4 Å². The van der Waals surface area contributed by atoms with Crippen molar-refractivity contribution in [2.75, 3.05) is 18.1 Å². The fraction of sp³-hybridized carbons (Fsp3) is 0.581. The number of carboxylic acid groups (broad SMARTS) is 2. The number of hydrogen-bond acceptors (Lipinski definition) is 10. The van der Waals surface area contributed by atoms with Crippen LogP contribution >= 0.6 is 23.5 Å². The van der Waals surface area contributed by atoms with Gasteiger partial charge in [-0.3, -0.25) is 28.8 Å². The lowest BCUT2D eigenvalue weighted by molar-refractivity contribution is -0.192. The Morgan fingerprint density at radius 3 is 2.02 bits per heavy atom. The standard InChI is InChI=1S/C29H42N6O7S2.C2HF3O2/c1-16(2)9-20-26(39)34-22(25(31)38)15-44-13-18-6-3-5-17(10-18)12-43-14-19(30)29(42)35-8-4-7-23(35)28(41)33-21(11-24(36)37)27(40)32-20;3-2(4,5)1(6)7/h3,5-6,10,16,19-23H,4,7-9,11-15,30H2,1-2H3,(H2,31,38)(H,32,40)(H,33,41)(H,34,39)(H,36,37);(H,6,7)/t19-,20-,21?,22-,23-;/m0./s1. The second-order valence-electron chi connectivity index (χ2n) is 12.3. The van der Waals surface area contributed by atoms with Gasteiger partial charge in [0.05, 0.1) is 12.5 Å². The molecule has 0 radical (unpaired) electrons. The van der Waals surface area contributed by atoms with Crippen molar-refractivity contribution in [3.05, 3.63) is 35.4 Å².